The number of imide groups is 1. The van der Waals surface area contributed by atoms with E-state index in [0.717, 1.165) is 11.3 Å². The Morgan fingerprint density at radius 3 is 2.33 bits per heavy atom. The molecule has 3 amide bonds. The molecule has 0 spiro atoms. The molecule has 4 rings (SSSR count). The lowest BCUT2D eigenvalue weighted by Crippen LogP contribution is -2.39. The van der Waals surface area contributed by atoms with Gasteiger partial charge in [-0.05, 0) is 24.3 Å². The van der Waals surface area contributed by atoms with Crippen molar-refractivity contribution >= 4 is 61.0 Å². The maximum atomic E-state index is 12.8. The van der Waals surface area contributed by atoms with Crippen LogP contribution in [0, 0.1) is 33.8 Å². The van der Waals surface area contributed by atoms with Crippen LogP contribution in [0.15, 0.2) is 24.3 Å². The second-order valence-corrected chi connectivity index (χ2v) is 9.24. The Morgan fingerprint density at radius 1 is 1.19 bits per heavy atom. The Bertz CT molecular complexity index is 831. The predicted octanol–water partition coefficient (Wildman–Crippen LogP) is 2.31. The lowest BCUT2D eigenvalue weighted by atomic mass is 9.81. The summed E-state index contributed by atoms with van der Waals surface area (Å²) in [6.45, 7) is -0.382. The molecule has 3 fully saturated rings. The second kappa shape index (κ2) is 6.66. The third kappa shape index (κ3) is 2.89. The van der Waals surface area contributed by atoms with Gasteiger partial charge in [-0.2, -0.15) is 0 Å². The fourth-order valence-corrected chi connectivity index (χ4v) is 6.48. The molecule has 0 unspecified atom stereocenters. The highest BCUT2D eigenvalue weighted by molar-refractivity contribution is 9.12. The quantitative estimate of drug-likeness (QED) is 0.295. The van der Waals surface area contributed by atoms with Gasteiger partial charge in [0.25, 0.3) is 5.69 Å². The first-order valence-electron chi connectivity index (χ1n) is 8.47. The van der Waals surface area contributed by atoms with Gasteiger partial charge in [0.1, 0.15) is 6.54 Å². The Hall–Kier alpha value is -1.81. The van der Waals surface area contributed by atoms with Crippen molar-refractivity contribution in [2.75, 3.05) is 11.9 Å². The normalized spacial score (nSPS) is 34.1. The van der Waals surface area contributed by atoms with Gasteiger partial charge < -0.3 is 5.32 Å². The number of fused-ring (bicyclic) bond motifs is 5. The number of halogens is 2. The van der Waals surface area contributed by atoms with E-state index in [1.54, 1.807) is 0 Å². The summed E-state index contributed by atoms with van der Waals surface area (Å²) in [6, 6.07) is 5.51. The summed E-state index contributed by atoms with van der Waals surface area (Å²) in [5.41, 5.74) is 0.0913. The van der Waals surface area contributed by atoms with Crippen molar-refractivity contribution in [3.05, 3.63) is 34.4 Å². The predicted molar refractivity (Wildman–Crippen MR) is 102 cm³/mol. The third-order valence-corrected chi connectivity index (χ3v) is 8.93. The number of carbonyl (C=O) groups is 3. The topological polar surface area (TPSA) is 110 Å². The highest BCUT2D eigenvalue weighted by Crippen LogP contribution is 2.60. The maximum absolute atomic E-state index is 12.8. The van der Waals surface area contributed by atoms with Crippen LogP contribution < -0.4 is 5.32 Å². The van der Waals surface area contributed by atoms with Crippen LogP contribution in [0.5, 0.6) is 0 Å². The molecule has 27 heavy (non-hydrogen) atoms. The number of nitrogens with zero attached hydrogens (tertiary/aromatic N) is 2. The number of nitro groups is 1. The molecular formula is C17H15Br2N3O5. The molecule has 1 aromatic carbocycles. The number of nitro benzene ring substituents is 1. The minimum Gasteiger partial charge on any atom is -0.324 e. The Morgan fingerprint density at radius 2 is 1.78 bits per heavy atom. The van der Waals surface area contributed by atoms with Crippen LogP contribution in [-0.2, 0) is 14.4 Å². The Kier molecular flexibility index (Phi) is 4.58. The van der Waals surface area contributed by atoms with Crippen LogP contribution >= 0.6 is 31.9 Å². The van der Waals surface area contributed by atoms with Crippen LogP contribution in [0.2, 0.25) is 0 Å². The van der Waals surface area contributed by atoms with Crippen molar-refractivity contribution in [1.29, 1.82) is 0 Å². The fourth-order valence-electron chi connectivity index (χ4n) is 4.61. The maximum Gasteiger partial charge on any atom is 0.271 e. The highest BCUT2D eigenvalue weighted by atomic mass is 79.9. The van der Waals surface area contributed by atoms with Crippen LogP contribution in [-0.4, -0.2) is 43.7 Å². The summed E-state index contributed by atoms with van der Waals surface area (Å²) in [5.74, 6) is -1.71. The first-order chi connectivity index (χ1) is 12.8. The number of benzene rings is 1. The molecule has 6 atom stereocenters. The zero-order chi connectivity index (χ0) is 19.5. The third-order valence-electron chi connectivity index (χ3n) is 5.72. The number of alkyl halides is 2. The molecule has 0 aromatic heterocycles. The van der Waals surface area contributed by atoms with E-state index in [-0.39, 0.29) is 63.1 Å². The largest absolute Gasteiger partial charge is 0.324 e. The van der Waals surface area contributed by atoms with E-state index in [0.29, 0.717) is 0 Å². The SMILES string of the molecule is O=C(CN1C(=O)[C@@H]2[C@H]3C[C@@H]([C@@H](Br)[C@H]3Br)[C@H]2C1=O)Nc1cccc([N+](=O)[O-])c1. The standard InChI is InChI=1S/C17H15Br2N3O5/c18-14-9-5-10(15(14)19)13-12(9)16(24)21(17(13)25)6-11(23)20-7-2-1-3-8(4-7)22(26)27/h1-4,9-10,12-15H,5-6H2,(H,20,23)/t9-,10-,12-,13-,14-,15+/m1/s1. The number of hydrogen-bond donors (Lipinski definition) is 1. The van der Waals surface area contributed by atoms with Crippen molar-refractivity contribution < 1.29 is 19.3 Å². The van der Waals surface area contributed by atoms with E-state index in [1.165, 1.54) is 24.3 Å². The van der Waals surface area contributed by atoms with Gasteiger partial charge in [0.05, 0.1) is 16.8 Å². The van der Waals surface area contributed by atoms with E-state index < -0.39 is 10.8 Å². The lowest BCUT2D eigenvalue weighted by Gasteiger charge is -2.28. The number of amides is 3. The molecule has 0 radical (unpaired) electrons. The number of likely N-dealkylation sites (tertiary alicyclic amines) is 1. The number of anilines is 1. The molecule has 1 N–H and O–H groups in total. The van der Waals surface area contributed by atoms with Crippen molar-refractivity contribution in [2.24, 2.45) is 23.7 Å². The number of rotatable bonds is 4. The van der Waals surface area contributed by atoms with E-state index in [1.807, 2.05) is 0 Å². The Balaban J connectivity index is 1.47. The Labute approximate surface area is 171 Å². The highest BCUT2D eigenvalue weighted by Gasteiger charge is 2.66. The van der Waals surface area contributed by atoms with Gasteiger partial charge in [0, 0.05) is 27.5 Å². The first-order valence-corrected chi connectivity index (χ1v) is 10.3. The minimum absolute atomic E-state index is 0.0886. The molecule has 1 aliphatic heterocycles. The van der Waals surface area contributed by atoms with Gasteiger partial charge in [0.2, 0.25) is 17.7 Å². The lowest BCUT2D eigenvalue weighted by molar-refractivity contribution is -0.384. The molecular weight excluding hydrogens is 486 g/mol. The van der Waals surface area contributed by atoms with Crippen molar-refractivity contribution in [2.45, 2.75) is 16.1 Å². The molecule has 1 saturated heterocycles. The van der Waals surface area contributed by atoms with E-state index in [9.17, 15) is 24.5 Å². The van der Waals surface area contributed by atoms with E-state index in [4.69, 9.17) is 0 Å². The molecule has 1 heterocycles. The molecule has 2 bridgehead atoms. The molecule has 8 nitrogen and oxygen atoms in total. The molecule has 2 aliphatic carbocycles. The van der Waals surface area contributed by atoms with Gasteiger partial charge in [-0.15, -0.1) is 0 Å². The van der Waals surface area contributed by atoms with E-state index >= 15 is 0 Å². The summed E-state index contributed by atoms with van der Waals surface area (Å²) >= 11 is 7.23. The van der Waals surface area contributed by atoms with Crippen molar-refractivity contribution in [1.82, 2.24) is 4.90 Å². The summed E-state index contributed by atoms with van der Waals surface area (Å²) in [6.07, 6.45) is 0.826. The second-order valence-electron chi connectivity index (χ2n) is 7.12. The van der Waals surface area contributed by atoms with Gasteiger partial charge in [-0.25, -0.2) is 0 Å². The fraction of sp³-hybridized carbons (Fsp3) is 0.471. The summed E-state index contributed by atoms with van der Waals surface area (Å²) in [5, 5.41) is 13.3. The van der Waals surface area contributed by atoms with Crippen molar-refractivity contribution in [3.8, 4) is 0 Å². The van der Waals surface area contributed by atoms with Gasteiger partial charge in [-0.1, -0.05) is 37.9 Å². The summed E-state index contributed by atoms with van der Waals surface area (Å²) in [7, 11) is 0. The first kappa shape index (κ1) is 18.5. The molecule has 3 aliphatic rings. The van der Waals surface area contributed by atoms with Crippen LogP contribution in [0.4, 0.5) is 11.4 Å². The summed E-state index contributed by atoms with van der Waals surface area (Å²) < 4.78 is 0. The zero-order valence-corrected chi connectivity index (χ0v) is 17.1. The van der Waals surface area contributed by atoms with Crippen LogP contribution in [0.3, 0.4) is 0 Å². The van der Waals surface area contributed by atoms with Gasteiger partial charge >= 0.3 is 0 Å². The van der Waals surface area contributed by atoms with Crippen LogP contribution in [0.1, 0.15) is 6.42 Å². The number of non-ortho nitro benzene ring substituents is 1. The average Bonchev–Trinajstić information content (AvgIpc) is 3.22. The average molecular weight is 501 g/mol. The summed E-state index contributed by atoms with van der Waals surface area (Å²) in [4.78, 5) is 49.4. The smallest absolute Gasteiger partial charge is 0.271 e. The monoisotopic (exact) mass is 499 g/mol. The number of carbonyl (C=O) groups excluding carboxylic acids is 3. The molecule has 1 aromatic rings. The van der Waals surface area contributed by atoms with Crippen LogP contribution in [0.25, 0.3) is 0 Å². The van der Waals surface area contributed by atoms with Gasteiger partial charge in [-0.3, -0.25) is 29.4 Å². The molecule has 142 valence electrons. The molecule has 10 heteroatoms. The number of nitrogens with one attached hydrogen (secondary N) is 1. The zero-order valence-electron chi connectivity index (χ0n) is 13.9. The number of hydrogen-bond acceptors (Lipinski definition) is 5. The van der Waals surface area contributed by atoms with E-state index in [2.05, 4.69) is 37.2 Å². The molecule has 2 saturated carbocycles. The van der Waals surface area contributed by atoms with Crippen molar-refractivity contribution in [3.63, 3.8) is 0 Å². The minimum atomic E-state index is -0.562. The van der Waals surface area contributed by atoms with Gasteiger partial charge in [0.15, 0.2) is 0 Å².